The van der Waals surface area contributed by atoms with Gasteiger partial charge in [-0.05, 0) is 29.7 Å². The van der Waals surface area contributed by atoms with Crippen molar-refractivity contribution in [2.75, 3.05) is 6.54 Å². The average molecular weight is 332 g/mol. The summed E-state index contributed by atoms with van der Waals surface area (Å²) in [4.78, 5) is 16.0. The predicted molar refractivity (Wildman–Crippen MR) is 100 cm³/mol. The van der Waals surface area contributed by atoms with E-state index in [0.717, 1.165) is 28.5 Å². The van der Waals surface area contributed by atoms with Crippen LogP contribution in [-0.2, 0) is 11.3 Å². The first-order valence-corrected chi connectivity index (χ1v) is 8.28. The zero-order valence-corrected chi connectivity index (χ0v) is 13.9. The lowest BCUT2D eigenvalue weighted by Gasteiger charge is -2.06. The fraction of sp³-hybridized carbons (Fsp3) is 0.143. The standard InChI is InChI=1S/C21H20N2O2/c24-21(25-16-17-8-2-1-3-9-17)23-14-7-6-10-18-13-15-22-20-12-5-4-11-19(18)20/h1-6,8-13,15H,7,14,16H2,(H,23,24). The van der Waals surface area contributed by atoms with Crippen molar-refractivity contribution in [2.24, 2.45) is 0 Å². The molecule has 1 N–H and O–H groups in total. The Kier molecular flexibility index (Phi) is 5.77. The van der Waals surface area contributed by atoms with Gasteiger partial charge in [-0.1, -0.05) is 60.7 Å². The number of rotatable bonds is 6. The van der Waals surface area contributed by atoms with Gasteiger partial charge >= 0.3 is 6.09 Å². The molecule has 1 heterocycles. The summed E-state index contributed by atoms with van der Waals surface area (Å²) < 4.78 is 5.17. The Morgan fingerprint density at radius 3 is 2.72 bits per heavy atom. The summed E-state index contributed by atoms with van der Waals surface area (Å²) in [6.45, 7) is 0.818. The normalized spacial score (nSPS) is 10.9. The third-order valence-corrected chi connectivity index (χ3v) is 3.77. The first-order chi connectivity index (χ1) is 12.3. The summed E-state index contributed by atoms with van der Waals surface area (Å²) in [6, 6.07) is 19.7. The van der Waals surface area contributed by atoms with Crippen LogP contribution in [0.1, 0.15) is 17.5 Å². The first-order valence-electron chi connectivity index (χ1n) is 8.28. The number of carbonyl (C=O) groups excluding carboxylic acids is 1. The van der Waals surface area contributed by atoms with Crippen molar-refractivity contribution < 1.29 is 9.53 Å². The van der Waals surface area contributed by atoms with Gasteiger partial charge in [-0.25, -0.2) is 4.79 Å². The van der Waals surface area contributed by atoms with E-state index in [-0.39, 0.29) is 6.61 Å². The van der Waals surface area contributed by atoms with Crippen molar-refractivity contribution in [3.05, 3.63) is 84.1 Å². The Labute approximate surface area is 147 Å². The Balaban J connectivity index is 1.43. The van der Waals surface area contributed by atoms with Crippen molar-refractivity contribution in [1.82, 2.24) is 10.3 Å². The molecule has 0 unspecified atom stereocenters. The first kappa shape index (κ1) is 16.7. The van der Waals surface area contributed by atoms with Crippen molar-refractivity contribution in [2.45, 2.75) is 13.0 Å². The number of amides is 1. The van der Waals surface area contributed by atoms with Gasteiger partial charge in [0.05, 0.1) is 5.52 Å². The average Bonchev–Trinajstić information content (AvgIpc) is 2.67. The highest BCUT2D eigenvalue weighted by atomic mass is 16.5. The maximum atomic E-state index is 11.7. The third kappa shape index (κ3) is 4.91. The van der Waals surface area contributed by atoms with E-state index in [1.165, 1.54) is 0 Å². The summed E-state index contributed by atoms with van der Waals surface area (Å²) in [6.07, 6.45) is 6.24. The molecule has 2 aromatic carbocycles. The second kappa shape index (κ2) is 8.64. The van der Waals surface area contributed by atoms with Crippen molar-refractivity contribution in [3.63, 3.8) is 0 Å². The number of benzene rings is 2. The summed E-state index contributed by atoms with van der Waals surface area (Å²) in [7, 11) is 0. The molecule has 3 aromatic rings. The van der Waals surface area contributed by atoms with E-state index in [4.69, 9.17) is 4.74 Å². The van der Waals surface area contributed by atoms with Gasteiger partial charge in [0.15, 0.2) is 0 Å². The number of ether oxygens (including phenoxy) is 1. The van der Waals surface area contributed by atoms with Crippen LogP contribution >= 0.6 is 0 Å². The number of hydrogen-bond acceptors (Lipinski definition) is 3. The molecule has 0 spiro atoms. The van der Waals surface area contributed by atoms with E-state index in [1.807, 2.05) is 60.7 Å². The number of nitrogens with one attached hydrogen (secondary N) is 1. The van der Waals surface area contributed by atoms with Gasteiger partial charge in [0.2, 0.25) is 0 Å². The molecule has 0 bridgehead atoms. The van der Waals surface area contributed by atoms with Gasteiger partial charge in [0.1, 0.15) is 6.61 Å². The number of carbonyl (C=O) groups is 1. The highest BCUT2D eigenvalue weighted by Crippen LogP contribution is 2.17. The van der Waals surface area contributed by atoms with Gasteiger partial charge in [-0.3, -0.25) is 4.98 Å². The van der Waals surface area contributed by atoms with Crippen molar-refractivity contribution in [1.29, 1.82) is 0 Å². The smallest absolute Gasteiger partial charge is 0.407 e. The van der Waals surface area contributed by atoms with Crippen molar-refractivity contribution >= 4 is 23.1 Å². The van der Waals surface area contributed by atoms with E-state index in [2.05, 4.69) is 22.4 Å². The fourth-order valence-corrected chi connectivity index (χ4v) is 2.51. The number of hydrogen-bond donors (Lipinski definition) is 1. The molecule has 3 rings (SSSR count). The quantitative estimate of drug-likeness (QED) is 0.673. The number of fused-ring (bicyclic) bond motifs is 1. The molecule has 0 aliphatic heterocycles. The molecule has 0 radical (unpaired) electrons. The fourth-order valence-electron chi connectivity index (χ4n) is 2.51. The van der Waals surface area contributed by atoms with Gasteiger partial charge in [-0.15, -0.1) is 0 Å². The molecule has 1 amide bonds. The monoisotopic (exact) mass is 332 g/mol. The second-order valence-electron chi connectivity index (χ2n) is 5.60. The Bertz CT molecular complexity index is 855. The number of alkyl carbamates (subject to hydrolysis) is 1. The lowest BCUT2D eigenvalue weighted by Crippen LogP contribution is -2.24. The minimum Gasteiger partial charge on any atom is -0.445 e. The number of pyridine rings is 1. The molecule has 126 valence electrons. The summed E-state index contributed by atoms with van der Waals surface area (Å²) in [5.41, 5.74) is 3.08. The van der Waals surface area contributed by atoms with Crippen LogP contribution in [-0.4, -0.2) is 17.6 Å². The topological polar surface area (TPSA) is 51.2 Å². The predicted octanol–water partition coefficient (Wildman–Crippen LogP) is 4.56. The van der Waals surface area contributed by atoms with Crippen LogP contribution in [0.2, 0.25) is 0 Å². The number of nitrogens with zero attached hydrogens (tertiary/aromatic N) is 1. The van der Waals surface area contributed by atoms with Crippen molar-refractivity contribution in [3.8, 4) is 0 Å². The van der Waals surface area contributed by atoms with Gasteiger partial charge in [0.25, 0.3) is 0 Å². The largest absolute Gasteiger partial charge is 0.445 e. The highest BCUT2D eigenvalue weighted by molar-refractivity contribution is 5.87. The highest BCUT2D eigenvalue weighted by Gasteiger charge is 2.01. The Morgan fingerprint density at radius 2 is 1.84 bits per heavy atom. The maximum absolute atomic E-state index is 11.7. The van der Waals surface area contributed by atoms with E-state index in [1.54, 1.807) is 6.20 Å². The van der Waals surface area contributed by atoms with Crippen LogP contribution in [0.3, 0.4) is 0 Å². The Hall–Kier alpha value is -3.14. The minimum absolute atomic E-state index is 0.283. The summed E-state index contributed by atoms with van der Waals surface area (Å²) in [5.74, 6) is 0. The van der Waals surface area contributed by atoms with E-state index < -0.39 is 6.09 Å². The number of para-hydroxylation sites is 1. The van der Waals surface area contributed by atoms with Crippen LogP contribution < -0.4 is 5.32 Å². The summed E-state index contributed by atoms with van der Waals surface area (Å²) >= 11 is 0. The maximum Gasteiger partial charge on any atom is 0.407 e. The van der Waals surface area contributed by atoms with Crippen LogP contribution in [0.15, 0.2) is 72.9 Å². The minimum atomic E-state index is -0.397. The molecule has 0 fully saturated rings. The third-order valence-electron chi connectivity index (χ3n) is 3.77. The van der Waals surface area contributed by atoms with E-state index in [0.29, 0.717) is 6.54 Å². The van der Waals surface area contributed by atoms with Gasteiger partial charge < -0.3 is 10.1 Å². The van der Waals surface area contributed by atoms with E-state index in [9.17, 15) is 4.79 Å². The molecule has 0 aliphatic rings. The molecule has 0 saturated carbocycles. The zero-order valence-electron chi connectivity index (χ0n) is 13.9. The lowest BCUT2D eigenvalue weighted by atomic mass is 10.1. The Morgan fingerprint density at radius 1 is 1.04 bits per heavy atom. The SMILES string of the molecule is O=C(NCCC=Cc1ccnc2ccccc12)OCc1ccccc1. The number of aromatic nitrogens is 1. The molecule has 0 saturated heterocycles. The van der Waals surface area contributed by atoms with Crippen LogP contribution in [0.25, 0.3) is 17.0 Å². The van der Waals surface area contributed by atoms with Crippen LogP contribution in [0, 0.1) is 0 Å². The lowest BCUT2D eigenvalue weighted by molar-refractivity contribution is 0.140. The molecule has 1 aromatic heterocycles. The van der Waals surface area contributed by atoms with Gasteiger partial charge in [-0.2, -0.15) is 0 Å². The second-order valence-corrected chi connectivity index (χ2v) is 5.60. The van der Waals surface area contributed by atoms with E-state index >= 15 is 0 Å². The molecule has 0 aliphatic carbocycles. The molecule has 4 heteroatoms. The zero-order chi connectivity index (χ0) is 17.3. The molecule has 25 heavy (non-hydrogen) atoms. The van der Waals surface area contributed by atoms with Gasteiger partial charge in [0, 0.05) is 18.1 Å². The van der Waals surface area contributed by atoms with Crippen LogP contribution in [0.4, 0.5) is 4.79 Å². The summed E-state index contributed by atoms with van der Waals surface area (Å²) in [5, 5.41) is 3.87. The molecule has 0 atom stereocenters. The van der Waals surface area contributed by atoms with Crippen LogP contribution in [0.5, 0.6) is 0 Å². The molecular weight excluding hydrogens is 312 g/mol. The molecular formula is C21H20N2O2. The molecule has 4 nitrogen and oxygen atoms in total.